The number of anilines is 1. The van der Waals surface area contributed by atoms with Gasteiger partial charge in [0.15, 0.2) is 0 Å². The van der Waals surface area contributed by atoms with E-state index in [1.165, 1.54) is 0 Å². The molecule has 0 unspecified atom stereocenters. The Bertz CT molecular complexity index is 387. The molecule has 0 bridgehead atoms. The summed E-state index contributed by atoms with van der Waals surface area (Å²) in [5.41, 5.74) is 0.514. The van der Waals surface area contributed by atoms with Gasteiger partial charge in [0.05, 0.1) is 10.7 Å². The molecule has 0 atom stereocenters. The Kier molecular flexibility index (Phi) is 5.38. The van der Waals surface area contributed by atoms with Gasteiger partial charge in [0.2, 0.25) is 0 Å². The zero-order valence-corrected chi connectivity index (χ0v) is 11.7. The number of amides is 2. The molecule has 0 heterocycles. The maximum atomic E-state index is 11.7. The number of nitrogens with one attached hydrogen (secondary N) is 1. The number of urea groups is 1. The lowest BCUT2D eigenvalue weighted by molar-refractivity contribution is 0.225. The van der Waals surface area contributed by atoms with Crippen LogP contribution in [0.1, 0.15) is 0 Å². The van der Waals surface area contributed by atoms with E-state index in [0.717, 1.165) is 5.33 Å². The second-order valence-corrected chi connectivity index (χ2v) is 4.80. The van der Waals surface area contributed by atoms with Gasteiger partial charge in [-0.1, -0.05) is 39.1 Å². The second kappa shape index (κ2) is 6.33. The van der Waals surface area contributed by atoms with Crippen molar-refractivity contribution in [2.75, 3.05) is 24.2 Å². The number of rotatable bonds is 3. The van der Waals surface area contributed by atoms with Crippen LogP contribution in [-0.4, -0.2) is 29.9 Å². The van der Waals surface area contributed by atoms with Crippen molar-refractivity contribution in [1.29, 1.82) is 0 Å². The van der Waals surface area contributed by atoms with Gasteiger partial charge in [-0.05, 0) is 18.2 Å². The van der Waals surface area contributed by atoms with E-state index >= 15 is 0 Å². The summed E-state index contributed by atoms with van der Waals surface area (Å²) in [5.74, 6) is 0. The molecule has 2 amide bonds. The van der Waals surface area contributed by atoms with Crippen LogP contribution in [0, 0.1) is 0 Å². The van der Waals surface area contributed by atoms with Crippen molar-refractivity contribution >= 4 is 50.9 Å². The summed E-state index contributed by atoms with van der Waals surface area (Å²) in [4.78, 5) is 13.2. The van der Waals surface area contributed by atoms with Crippen LogP contribution in [0.4, 0.5) is 10.5 Å². The average molecular weight is 326 g/mol. The summed E-state index contributed by atoms with van der Waals surface area (Å²) >= 11 is 15.0. The molecular weight excluding hydrogens is 315 g/mol. The monoisotopic (exact) mass is 324 g/mol. The van der Waals surface area contributed by atoms with E-state index in [1.54, 1.807) is 30.1 Å². The SMILES string of the molecule is CN(CCBr)C(=O)Nc1cc(Cl)ccc1Cl. The standard InChI is InChI=1S/C10H11BrCl2N2O/c1-15(5-4-11)10(16)14-9-6-7(12)2-3-8(9)13/h2-3,6H,4-5H2,1H3,(H,14,16). The number of benzene rings is 1. The lowest BCUT2D eigenvalue weighted by Gasteiger charge is -2.17. The Hall–Kier alpha value is -0.450. The average Bonchev–Trinajstić information content (AvgIpc) is 2.23. The molecule has 0 aliphatic heterocycles. The zero-order chi connectivity index (χ0) is 12.1. The first kappa shape index (κ1) is 13.6. The molecule has 1 aromatic rings. The highest BCUT2D eigenvalue weighted by Crippen LogP contribution is 2.25. The van der Waals surface area contributed by atoms with Crippen LogP contribution in [0.5, 0.6) is 0 Å². The molecule has 0 radical (unpaired) electrons. The van der Waals surface area contributed by atoms with Crippen LogP contribution in [-0.2, 0) is 0 Å². The van der Waals surface area contributed by atoms with Gasteiger partial charge in [0, 0.05) is 23.9 Å². The van der Waals surface area contributed by atoms with Gasteiger partial charge >= 0.3 is 6.03 Å². The van der Waals surface area contributed by atoms with Gasteiger partial charge in [-0.2, -0.15) is 0 Å². The summed E-state index contributed by atoms with van der Waals surface area (Å²) in [7, 11) is 1.70. The maximum absolute atomic E-state index is 11.7. The number of carbonyl (C=O) groups excluding carboxylic acids is 1. The number of carbonyl (C=O) groups is 1. The van der Waals surface area contributed by atoms with Gasteiger partial charge in [-0.15, -0.1) is 0 Å². The van der Waals surface area contributed by atoms with Crippen molar-refractivity contribution in [2.24, 2.45) is 0 Å². The Morgan fingerprint density at radius 3 is 2.81 bits per heavy atom. The third-order valence-corrected chi connectivity index (χ3v) is 2.86. The molecule has 0 fully saturated rings. The fraction of sp³-hybridized carbons (Fsp3) is 0.300. The topological polar surface area (TPSA) is 32.3 Å². The number of alkyl halides is 1. The van der Waals surface area contributed by atoms with Crippen LogP contribution in [0.3, 0.4) is 0 Å². The van der Waals surface area contributed by atoms with Gasteiger partial charge in [-0.3, -0.25) is 0 Å². The Morgan fingerprint density at radius 2 is 2.19 bits per heavy atom. The van der Waals surface area contributed by atoms with Crippen molar-refractivity contribution in [1.82, 2.24) is 4.90 Å². The summed E-state index contributed by atoms with van der Waals surface area (Å²) in [6.07, 6.45) is 0. The second-order valence-electron chi connectivity index (χ2n) is 3.16. The quantitative estimate of drug-likeness (QED) is 0.841. The van der Waals surface area contributed by atoms with Crippen LogP contribution >= 0.6 is 39.1 Å². The predicted octanol–water partition coefficient (Wildman–Crippen LogP) is 3.85. The highest BCUT2D eigenvalue weighted by Gasteiger charge is 2.10. The molecule has 0 spiro atoms. The molecule has 1 N–H and O–H groups in total. The third kappa shape index (κ3) is 3.85. The lowest BCUT2D eigenvalue weighted by Crippen LogP contribution is -2.32. The summed E-state index contributed by atoms with van der Waals surface area (Å²) in [6, 6.07) is 4.71. The van der Waals surface area contributed by atoms with Crippen molar-refractivity contribution in [3.63, 3.8) is 0 Å². The van der Waals surface area contributed by atoms with Gasteiger partial charge in [0.1, 0.15) is 0 Å². The van der Waals surface area contributed by atoms with E-state index in [0.29, 0.717) is 22.3 Å². The van der Waals surface area contributed by atoms with E-state index < -0.39 is 0 Å². The van der Waals surface area contributed by atoms with Crippen LogP contribution < -0.4 is 5.32 Å². The van der Waals surface area contributed by atoms with Crippen molar-refractivity contribution < 1.29 is 4.79 Å². The zero-order valence-electron chi connectivity index (χ0n) is 8.64. The minimum atomic E-state index is -0.219. The van der Waals surface area contributed by atoms with Crippen LogP contribution in [0.25, 0.3) is 0 Å². The van der Waals surface area contributed by atoms with Gasteiger partial charge in [0.25, 0.3) is 0 Å². The van der Waals surface area contributed by atoms with Gasteiger partial charge < -0.3 is 10.2 Å². The molecule has 1 aromatic carbocycles. The van der Waals surface area contributed by atoms with E-state index in [-0.39, 0.29) is 6.03 Å². The summed E-state index contributed by atoms with van der Waals surface area (Å²) in [6.45, 7) is 0.615. The molecule has 6 heteroatoms. The Morgan fingerprint density at radius 1 is 1.50 bits per heavy atom. The lowest BCUT2D eigenvalue weighted by atomic mass is 10.3. The highest BCUT2D eigenvalue weighted by atomic mass is 79.9. The van der Waals surface area contributed by atoms with E-state index in [4.69, 9.17) is 23.2 Å². The van der Waals surface area contributed by atoms with E-state index in [1.807, 2.05) is 0 Å². The number of hydrogen-bond acceptors (Lipinski definition) is 1. The van der Waals surface area contributed by atoms with Crippen molar-refractivity contribution in [3.8, 4) is 0 Å². The minimum Gasteiger partial charge on any atom is -0.327 e. The molecular formula is C10H11BrCl2N2O. The van der Waals surface area contributed by atoms with E-state index in [9.17, 15) is 4.79 Å². The first-order chi connectivity index (χ1) is 7.54. The third-order valence-electron chi connectivity index (χ3n) is 1.94. The highest BCUT2D eigenvalue weighted by molar-refractivity contribution is 9.09. The fourth-order valence-electron chi connectivity index (χ4n) is 1.03. The van der Waals surface area contributed by atoms with Crippen LogP contribution in [0.2, 0.25) is 10.0 Å². The number of nitrogens with zero attached hydrogens (tertiary/aromatic N) is 1. The predicted molar refractivity (Wildman–Crippen MR) is 71.9 cm³/mol. The van der Waals surface area contributed by atoms with Crippen LogP contribution in [0.15, 0.2) is 18.2 Å². The first-order valence-electron chi connectivity index (χ1n) is 4.57. The molecule has 0 aliphatic rings. The minimum absolute atomic E-state index is 0.219. The molecule has 0 saturated heterocycles. The molecule has 3 nitrogen and oxygen atoms in total. The smallest absolute Gasteiger partial charge is 0.321 e. The normalized spacial score (nSPS) is 10.0. The van der Waals surface area contributed by atoms with Gasteiger partial charge in [-0.25, -0.2) is 4.79 Å². The molecule has 0 saturated carbocycles. The molecule has 1 rings (SSSR count). The first-order valence-corrected chi connectivity index (χ1v) is 6.45. The van der Waals surface area contributed by atoms with Crippen molar-refractivity contribution in [3.05, 3.63) is 28.2 Å². The molecule has 88 valence electrons. The Balaban J connectivity index is 2.72. The fourth-order valence-corrected chi connectivity index (χ4v) is 1.90. The van der Waals surface area contributed by atoms with Crippen molar-refractivity contribution in [2.45, 2.75) is 0 Å². The number of hydrogen-bond donors (Lipinski definition) is 1. The Labute approximate surface area is 113 Å². The maximum Gasteiger partial charge on any atom is 0.321 e. The summed E-state index contributed by atoms with van der Waals surface area (Å²) in [5, 5.41) is 4.40. The van der Waals surface area contributed by atoms with E-state index in [2.05, 4.69) is 21.2 Å². The molecule has 0 aromatic heterocycles. The number of halogens is 3. The molecule has 0 aliphatic carbocycles. The molecule has 16 heavy (non-hydrogen) atoms. The largest absolute Gasteiger partial charge is 0.327 e. The summed E-state index contributed by atoms with van der Waals surface area (Å²) < 4.78 is 0.